The van der Waals surface area contributed by atoms with Crippen LogP contribution in [0.25, 0.3) is 0 Å². The number of benzene rings is 1. The first-order chi connectivity index (χ1) is 23.3. The van der Waals surface area contributed by atoms with Crippen LogP contribution >= 0.6 is 0 Å². The lowest BCUT2D eigenvalue weighted by molar-refractivity contribution is 0.00155. The minimum atomic E-state index is -0.229. The van der Waals surface area contributed by atoms with E-state index in [1.807, 2.05) is 0 Å². The molecule has 47 heavy (non-hydrogen) atoms. The molecule has 0 aromatic heterocycles. The molecule has 16 nitrogen and oxygen atoms in total. The SMILES string of the molecule is OCCOCCOCCOCCOc1cc(CO)cc(OCCOCCOCCOCCO)c1OCCOCCOCCOCCO. The molecule has 0 aliphatic rings. The van der Waals surface area contributed by atoms with Gasteiger partial charge in [-0.2, -0.15) is 0 Å². The first-order valence-corrected chi connectivity index (χ1v) is 15.9. The molecule has 0 radical (unpaired) electrons. The summed E-state index contributed by atoms with van der Waals surface area (Å²) in [5, 5.41) is 35.9. The van der Waals surface area contributed by atoms with E-state index in [1.54, 1.807) is 12.1 Å². The lowest BCUT2D eigenvalue weighted by Crippen LogP contribution is -2.16. The molecule has 0 amide bonds. The standard InChI is InChI=1S/C31H56O16/c32-1-4-36-7-10-39-13-16-42-19-22-45-29-25-28(27-35)26-30(46-23-20-43-17-14-40-11-8-37-5-2-33)31(29)47-24-21-44-18-15-41-12-9-38-6-3-34/h25-26,32-35H,1-24,27H2. The van der Waals surface area contributed by atoms with Gasteiger partial charge in [-0.3, -0.25) is 0 Å². The fourth-order valence-electron chi connectivity index (χ4n) is 3.52. The second-order valence-electron chi connectivity index (χ2n) is 9.31. The van der Waals surface area contributed by atoms with E-state index in [0.29, 0.717) is 115 Å². The summed E-state index contributed by atoms with van der Waals surface area (Å²) in [6.07, 6.45) is 0. The molecule has 1 aromatic rings. The first kappa shape index (κ1) is 43.1. The van der Waals surface area contributed by atoms with Gasteiger partial charge in [0.15, 0.2) is 11.5 Å². The van der Waals surface area contributed by atoms with Crippen molar-refractivity contribution in [2.45, 2.75) is 6.61 Å². The largest absolute Gasteiger partial charge is 0.487 e. The number of hydrogen-bond acceptors (Lipinski definition) is 16. The average Bonchev–Trinajstić information content (AvgIpc) is 3.09. The Kier molecular flexibility index (Phi) is 31.2. The molecule has 0 spiro atoms. The number of aliphatic hydroxyl groups excluding tert-OH is 4. The minimum absolute atomic E-state index is 0.0204. The topological polar surface area (TPSA) is 192 Å². The fourth-order valence-corrected chi connectivity index (χ4v) is 3.52. The third kappa shape index (κ3) is 25.7. The number of ether oxygens (including phenoxy) is 12. The van der Waals surface area contributed by atoms with Gasteiger partial charge in [-0.15, -0.1) is 0 Å². The molecule has 0 bridgehead atoms. The van der Waals surface area contributed by atoms with E-state index in [-0.39, 0.29) is 72.7 Å². The van der Waals surface area contributed by atoms with Crippen LogP contribution in [0.15, 0.2) is 12.1 Å². The Balaban J connectivity index is 2.54. The first-order valence-electron chi connectivity index (χ1n) is 15.9. The van der Waals surface area contributed by atoms with E-state index in [2.05, 4.69) is 0 Å². The van der Waals surface area contributed by atoms with Gasteiger partial charge in [0.2, 0.25) is 5.75 Å². The van der Waals surface area contributed by atoms with Crippen molar-refractivity contribution in [3.05, 3.63) is 17.7 Å². The van der Waals surface area contributed by atoms with Gasteiger partial charge in [0.1, 0.15) is 19.8 Å². The maximum atomic E-state index is 9.85. The predicted octanol–water partition coefficient (Wildman–Crippen LogP) is -0.558. The fraction of sp³-hybridized carbons (Fsp3) is 0.806. The highest BCUT2D eigenvalue weighted by molar-refractivity contribution is 5.54. The smallest absolute Gasteiger partial charge is 0.203 e. The summed E-state index contributed by atoms with van der Waals surface area (Å²) in [5.74, 6) is 1.13. The molecule has 1 rings (SSSR count). The summed E-state index contributed by atoms with van der Waals surface area (Å²) in [4.78, 5) is 0. The third-order valence-corrected chi connectivity index (χ3v) is 5.65. The normalized spacial score (nSPS) is 11.3. The van der Waals surface area contributed by atoms with Crippen molar-refractivity contribution < 1.29 is 77.3 Å². The van der Waals surface area contributed by atoms with Crippen molar-refractivity contribution in [1.29, 1.82) is 0 Å². The number of hydrogen-bond donors (Lipinski definition) is 4. The number of rotatable bonds is 37. The number of aliphatic hydroxyl groups is 4. The summed E-state index contributed by atoms with van der Waals surface area (Å²) in [6, 6.07) is 3.37. The highest BCUT2D eigenvalue weighted by Gasteiger charge is 2.16. The molecule has 1 aromatic carbocycles. The Hall–Kier alpha value is -1.90. The maximum absolute atomic E-state index is 9.85. The lowest BCUT2D eigenvalue weighted by atomic mass is 10.2. The Labute approximate surface area is 277 Å². The molecular formula is C31H56O16. The minimum Gasteiger partial charge on any atom is -0.487 e. The molecule has 0 aliphatic carbocycles. The zero-order valence-electron chi connectivity index (χ0n) is 27.5. The van der Waals surface area contributed by atoms with Crippen molar-refractivity contribution in [2.75, 3.05) is 159 Å². The highest BCUT2D eigenvalue weighted by atomic mass is 16.6. The quantitative estimate of drug-likeness (QED) is 0.0652. The molecule has 0 heterocycles. The molecule has 0 unspecified atom stereocenters. The van der Waals surface area contributed by atoms with Crippen LogP contribution in [0.4, 0.5) is 0 Å². The molecular weight excluding hydrogens is 628 g/mol. The van der Waals surface area contributed by atoms with Gasteiger partial charge in [0.05, 0.1) is 145 Å². The van der Waals surface area contributed by atoms with E-state index in [1.165, 1.54) is 0 Å². The highest BCUT2D eigenvalue weighted by Crippen LogP contribution is 2.39. The molecule has 0 saturated carbocycles. The van der Waals surface area contributed by atoms with Crippen molar-refractivity contribution in [2.24, 2.45) is 0 Å². The second kappa shape index (κ2) is 34.0. The molecule has 276 valence electrons. The van der Waals surface area contributed by atoms with Crippen LogP contribution in [0, 0.1) is 0 Å². The van der Waals surface area contributed by atoms with Crippen molar-refractivity contribution in [1.82, 2.24) is 0 Å². The predicted molar refractivity (Wildman–Crippen MR) is 167 cm³/mol. The van der Waals surface area contributed by atoms with Crippen LogP contribution in [0.3, 0.4) is 0 Å². The Morgan fingerprint density at radius 1 is 0.319 bits per heavy atom. The van der Waals surface area contributed by atoms with E-state index in [4.69, 9.17) is 72.2 Å². The summed E-state index contributed by atoms with van der Waals surface area (Å²) in [7, 11) is 0. The molecule has 4 N–H and O–H groups in total. The molecule has 0 saturated heterocycles. The van der Waals surface area contributed by atoms with Crippen LogP contribution in [-0.2, 0) is 49.2 Å². The van der Waals surface area contributed by atoms with Gasteiger partial charge in [0.25, 0.3) is 0 Å². The van der Waals surface area contributed by atoms with E-state index < -0.39 is 0 Å². The zero-order chi connectivity index (χ0) is 33.9. The van der Waals surface area contributed by atoms with Gasteiger partial charge in [-0.1, -0.05) is 0 Å². The lowest BCUT2D eigenvalue weighted by Gasteiger charge is -2.18. The van der Waals surface area contributed by atoms with Gasteiger partial charge in [-0.25, -0.2) is 0 Å². The van der Waals surface area contributed by atoms with E-state index >= 15 is 0 Å². The second-order valence-corrected chi connectivity index (χ2v) is 9.31. The third-order valence-electron chi connectivity index (χ3n) is 5.65. The van der Waals surface area contributed by atoms with E-state index in [9.17, 15) is 5.11 Å². The summed E-state index contributed by atoms with van der Waals surface area (Å²) >= 11 is 0. The van der Waals surface area contributed by atoms with Crippen LogP contribution in [0.5, 0.6) is 17.2 Å². The van der Waals surface area contributed by atoms with Crippen LogP contribution < -0.4 is 14.2 Å². The summed E-state index contributed by atoms with van der Waals surface area (Å²) in [6.45, 7) is 6.80. The maximum Gasteiger partial charge on any atom is 0.203 e. The van der Waals surface area contributed by atoms with Crippen LogP contribution in [-0.4, -0.2) is 179 Å². The van der Waals surface area contributed by atoms with Gasteiger partial charge >= 0.3 is 0 Å². The van der Waals surface area contributed by atoms with Gasteiger partial charge in [0, 0.05) is 0 Å². The molecule has 16 heteroatoms. The van der Waals surface area contributed by atoms with Gasteiger partial charge in [-0.05, 0) is 17.7 Å². The Morgan fingerprint density at radius 2 is 0.574 bits per heavy atom. The monoisotopic (exact) mass is 684 g/mol. The zero-order valence-corrected chi connectivity index (χ0v) is 27.5. The van der Waals surface area contributed by atoms with Crippen molar-refractivity contribution in [3.8, 4) is 17.2 Å². The molecule has 0 aliphatic heterocycles. The van der Waals surface area contributed by atoms with E-state index in [0.717, 1.165) is 0 Å². The van der Waals surface area contributed by atoms with Gasteiger partial charge < -0.3 is 77.3 Å². The Morgan fingerprint density at radius 3 is 0.851 bits per heavy atom. The Bertz CT molecular complexity index is 756. The van der Waals surface area contributed by atoms with Crippen molar-refractivity contribution in [3.63, 3.8) is 0 Å². The van der Waals surface area contributed by atoms with Crippen molar-refractivity contribution >= 4 is 0 Å². The molecule has 0 fully saturated rings. The average molecular weight is 685 g/mol. The summed E-state index contributed by atoms with van der Waals surface area (Å²) < 4.78 is 66.3. The summed E-state index contributed by atoms with van der Waals surface area (Å²) in [5.41, 5.74) is 0.578. The van der Waals surface area contributed by atoms with Crippen LogP contribution in [0.1, 0.15) is 5.56 Å². The van der Waals surface area contributed by atoms with Crippen LogP contribution in [0.2, 0.25) is 0 Å². The molecule has 0 atom stereocenters.